The topological polar surface area (TPSA) is 62.5 Å². The quantitative estimate of drug-likeness (QED) is 0.695. The van der Waals surface area contributed by atoms with Crippen molar-refractivity contribution in [3.05, 3.63) is 54.0 Å². The second-order valence-corrected chi connectivity index (χ2v) is 7.68. The second-order valence-electron chi connectivity index (χ2n) is 7.68. The van der Waals surface area contributed by atoms with Gasteiger partial charge in [-0.25, -0.2) is 9.97 Å². The Morgan fingerprint density at radius 1 is 1.04 bits per heavy atom. The van der Waals surface area contributed by atoms with Gasteiger partial charge in [-0.05, 0) is 49.9 Å². The SMILES string of the molecule is O=C(c1cccnc1N1CCCC(c2nc3ccccc3o2)C1)N1CCCC1. The number of likely N-dealkylation sites (tertiary alicyclic amines) is 1. The van der Waals surface area contributed by atoms with Crippen LogP contribution in [0.5, 0.6) is 0 Å². The van der Waals surface area contributed by atoms with Crippen molar-refractivity contribution < 1.29 is 9.21 Å². The maximum absolute atomic E-state index is 13.0. The summed E-state index contributed by atoms with van der Waals surface area (Å²) in [6, 6.07) is 11.6. The number of rotatable bonds is 3. The first-order valence-corrected chi connectivity index (χ1v) is 10.1. The molecule has 0 bridgehead atoms. The van der Waals surface area contributed by atoms with Gasteiger partial charge < -0.3 is 14.2 Å². The highest BCUT2D eigenvalue weighted by molar-refractivity contribution is 5.99. The van der Waals surface area contributed by atoms with E-state index in [-0.39, 0.29) is 11.8 Å². The average Bonchev–Trinajstić information content (AvgIpc) is 3.43. The lowest BCUT2D eigenvalue weighted by atomic mass is 9.97. The van der Waals surface area contributed by atoms with Crippen LogP contribution < -0.4 is 4.90 Å². The number of anilines is 1. The number of carbonyl (C=O) groups is 1. The Hall–Kier alpha value is -2.89. The van der Waals surface area contributed by atoms with Crippen molar-refractivity contribution in [3.8, 4) is 0 Å². The summed E-state index contributed by atoms with van der Waals surface area (Å²) in [6.45, 7) is 3.36. The third-order valence-electron chi connectivity index (χ3n) is 5.79. The van der Waals surface area contributed by atoms with Crippen molar-refractivity contribution in [2.45, 2.75) is 31.6 Å². The molecule has 1 atom stereocenters. The summed E-state index contributed by atoms with van der Waals surface area (Å²) in [5.41, 5.74) is 2.44. The van der Waals surface area contributed by atoms with Crippen LogP contribution in [0.2, 0.25) is 0 Å². The van der Waals surface area contributed by atoms with E-state index in [2.05, 4.69) is 9.88 Å². The number of para-hydroxylation sites is 2. The molecule has 1 aromatic carbocycles. The number of piperidine rings is 1. The highest BCUT2D eigenvalue weighted by Crippen LogP contribution is 2.32. The van der Waals surface area contributed by atoms with E-state index in [1.165, 1.54) is 0 Å². The first-order valence-electron chi connectivity index (χ1n) is 10.1. The Kier molecular flexibility index (Phi) is 4.47. The Morgan fingerprint density at radius 3 is 2.75 bits per heavy atom. The Balaban J connectivity index is 1.41. The van der Waals surface area contributed by atoms with Crippen molar-refractivity contribution >= 4 is 22.8 Å². The molecular formula is C22H24N4O2. The maximum atomic E-state index is 13.0. The van der Waals surface area contributed by atoms with Crippen molar-refractivity contribution in [2.75, 3.05) is 31.1 Å². The molecule has 5 rings (SSSR count). The third-order valence-corrected chi connectivity index (χ3v) is 5.79. The van der Waals surface area contributed by atoms with Gasteiger partial charge in [0, 0.05) is 32.4 Å². The summed E-state index contributed by atoms with van der Waals surface area (Å²) in [7, 11) is 0. The number of carbonyl (C=O) groups excluding carboxylic acids is 1. The zero-order valence-corrected chi connectivity index (χ0v) is 15.9. The molecule has 28 heavy (non-hydrogen) atoms. The number of oxazole rings is 1. The fraction of sp³-hybridized carbons (Fsp3) is 0.409. The van der Waals surface area contributed by atoms with Gasteiger partial charge >= 0.3 is 0 Å². The summed E-state index contributed by atoms with van der Waals surface area (Å²) in [5, 5.41) is 0. The van der Waals surface area contributed by atoms with Gasteiger partial charge in [0.05, 0.1) is 11.5 Å². The van der Waals surface area contributed by atoms with E-state index in [0.717, 1.165) is 74.7 Å². The molecule has 3 aromatic rings. The van der Waals surface area contributed by atoms with Gasteiger partial charge in [0.1, 0.15) is 11.3 Å². The molecule has 0 aliphatic carbocycles. The predicted molar refractivity (Wildman–Crippen MR) is 108 cm³/mol. The lowest BCUT2D eigenvalue weighted by Gasteiger charge is -2.33. The van der Waals surface area contributed by atoms with Crippen LogP contribution in [0.25, 0.3) is 11.1 Å². The van der Waals surface area contributed by atoms with Gasteiger partial charge in [-0.15, -0.1) is 0 Å². The van der Waals surface area contributed by atoms with Crippen molar-refractivity contribution in [2.24, 2.45) is 0 Å². The number of hydrogen-bond donors (Lipinski definition) is 0. The molecule has 1 unspecified atom stereocenters. The molecule has 2 saturated heterocycles. The molecule has 0 radical (unpaired) electrons. The molecule has 6 nitrogen and oxygen atoms in total. The monoisotopic (exact) mass is 376 g/mol. The molecule has 2 aliphatic heterocycles. The molecule has 2 fully saturated rings. The number of fused-ring (bicyclic) bond motifs is 1. The Bertz CT molecular complexity index is 960. The molecule has 144 valence electrons. The lowest BCUT2D eigenvalue weighted by molar-refractivity contribution is 0.0793. The number of pyridine rings is 1. The van der Waals surface area contributed by atoms with E-state index in [0.29, 0.717) is 5.56 Å². The van der Waals surface area contributed by atoms with Crippen LogP contribution in [0.3, 0.4) is 0 Å². The number of nitrogens with zero attached hydrogens (tertiary/aromatic N) is 4. The molecule has 0 saturated carbocycles. The minimum absolute atomic E-state index is 0.101. The van der Waals surface area contributed by atoms with E-state index in [1.54, 1.807) is 6.20 Å². The molecule has 2 aliphatic rings. The highest BCUT2D eigenvalue weighted by atomic mass is 16.3. The largest absolute Gasteiger partial charge is 0.440 e. The van der Waals surface area contributed by atoms with Crippen LogP contribution in [0.4, 0.5) is 5.82 Å². The van der Waals surface area contributed by atoms with E-state index in [4.69, 9.17) is 9.40 Å². The van der Waals surface area contributed by atoms with Crippen LogP contribution in [-0.4, -0.2) is 47.0 Å². The van der Waals surface area contributed by atoms with Crippen molar-refractivity contribution in [3.63, 3.8) is 0 Å². The molecular weight excluding hydrogens is 352 g/mol. The summed E-state index contributed by atoms with van der Waals surface area (Å²) in [4.78, 5) is 26.5. The molecule has 2 aromatic heterocycles. The van der Waals surface area contributed by atoms with Gasteiger partial charge in [0.25, 0.3) is 5.91 Å². The van der Waals surface area contributed by atoms with Gasteiger partial charge in [0.15, 0.2) is 11.5 Å². The molecule has 6 heteroatoms. The maximum Gasteiger partial charge on any atom is 0.257 e. The fourth-order valence-electron chi connectivity index (χ4n) is 4.34. The minimum atomic E-state index is 0.101. The molecule has 0 spiro atoms. The normalized spacial score (nSPS) is 20.1. The Labute approximate surface area is 164 Å². The van der Waals surface area contributed by atoms with Crippen LogP contribution in [0, 0.1) is 0 Å². The van der Waals surface area contributed by atoms with E-state index in [1.807, 2.05) is 41.3 Å². The van der Waals surface area contributed by atoms with Crippen molar-refractivity contribution in [1.82, 2.24) is 14.9 Å². The predicted octanol–water partition coefficient (Wildman–Crippen LogP) is 3.84. The van der Waals surface area contributed by atoms with Gasteiger partial charge in [-0.2, -0.15) is 0 Å². The van der Waals surface area contributed by atoms with Gasteiger partial charge in [0.2, 0.25) is 0 Å². The molecule has 0 N–H and O–H groups in total. The van der Waals surface area contributed by atoms with Crippen molar-refractivity contribution in [1.29, 1.82) is 0 Å². The third kappa shape index (κ3) is 3.13. The second kappa shape index (κ2) is 7.26. The standard InChI is InChI=1S/C22H24N4O2/c27-22(25-12-3-4-13-25)17-8-5-11-23-20(17)26-14-6-7-16(15-26)21-24-18-9-1-2-10-19(18)28-21/h1-2,5,8-11,16H,3-4,6-7,12-15H2. The lowest BCUT2D eigenvalue weighted by Crippen LogP contribution is -2.37. The fourth-order valence-corrected chi connectivity index (χ4v) is 4.34. The first-order chi connectivity index (χ1) is 13.8. The average molecular weight is 376 g/mol. The first kappa shape index (κ1) is 17.2. The number of aromatic nitrogens is 2. The zero-order chi connectivity index (χ0) is 18.9. The number of benzene rings is 1. The molecule has 4 heterocycles. The number of amides is 1. The molecule has 1 amide bonds. The van der Waals surface area contributed by atoms with E-state index < -0.39 is 0 Å². The van der Waals surface area contributed by atoms with E-state index in [9.17, 15) is 4.79 Å². The highest BCUT2D eigenvalue weighted by Gasteiger charge is 2.30. The summed E-state index contributed by atoms with van der Waals surface area (Å²) in [5.74, 6) is 1.89. The van der Waals surface area contributed by atoms with Crippen LogP contribution in [0.15, 0.2) is 47.0 Å². The summed E-state index contributed by atoms with van der Waals surface area (Å²) < 4.78 is 6.02. The van der Waals surface area contributed by atoms with Crippen LogP contribution in [0.1, 0.15) is 47.8 Å². The van der Waals surface area contributed by atoms with Gasteiger partial charge in [-0.3, -0.25) is 4.79 Å². The smallest absolute Gasteiger partial charge is 0.257 e. The van der Waals surface area contributed by atoms with Gasteiger partial charge in [-0.1, -0.05) is 12.1 Å². The summed E-state index contributed by atoms with van der Waals surface area (Å²) in [6.07, 6.45) is 6.01. The Morgan fingerprint density at radius 2 is 1.89 bits per heavy atom. The van der Waals surface area contributed by atoms with Crippen LogP contribution >= 0.6 is 0 Å². The van der Waals surface area contributed by atoms with E-state index >= 15 is 0 Å². The van der Waals surface area contributed by atoms with Crippen LogP contribution in [-0.2, 0) is 0 Å². The number of hydrogen-bond acceptors (Lipinski definition) is 5. The zero-order valence-electron chi connectivity index (χ0n) is 15.9. The summed E-state index contributed by atoms with van der Waals surface area (Å²) >= 11 is 0. The minimum Gasteiger partial charge on any atom is -0.440 e.